The van der Waals surface area contributed by atoms with E-state index in [0.29, 0.717) is 34.5 Å². The lowest BCUT2D eigenvalue weighted by molar-refractivity contribution is 0.353. The highest BCUT2D eigenvalue weighted by Gasteiger charge is 2.41. The minimum atomic E-state index is 0.239. The summed E-state index contributed by atoms with van der Waals surface area (Å²) in [5.74, 6) is 1.12. The van der Waals surface area contributed by atoms with Gasteiger partial charge in [-0.1, -0.05) is 12.1 Å². The predicted octanol–water partition coefficient (Wildman–Crippen LogP) is 3.35. The maximum atomic E-state index is 9.03. The molecule has 1 fully saturated rings. The first kappa shape index (κ1) is 18.1. The molecule has 8 heteroatoms. The van der Waals surface area contributed by atoms with E-state index in [1.807, 2.05) is 36.5 Å². The fourth-order valence-electron chi connectivity index (χ4n) is 3.84. The van der Waals surface area contributed by atoms with Crippen molar-refractivity contribution >= 4 is 5.65 Å². The first-order chi connectivity index (χ1) is 14.7. The molecule has 0 unspecified atom stereocenters. The van der Waals surface area contributed by atoms with E-state index in [-0.39, 0.29) is 6.01 Å². The van der Waals surface area contributed by atoms with Gasteiger partial charge in [-0.2, -0.15) is 15.3 Å². The van der Waals surface area contributed by atoms with Gasteiger partial charge in [-0.15, -0.1) is 0 Å². The third kappa shape index (κ3) is 3.01. The second-order valence-corrected chi connectivity index (χ2v) is 7.14. The highest BCUT2D eigenvalue weighted by Crippen LogP contribution is 2.55. The molecule has 8 nitrogen and oxygen atoms in total. The van der Waals surface area contributed by atoms with Crippen LogP contribution in [-0.2, 0) is 0 Å². The van der Waals surface area contributed by atoms with E-state index in [4.69, 9.17) is 14.7 Å². The Morgan fingerprint density at radius 2 is 1.93 bits per heavy atom. The van der Waals surface area contributed by atoms with Gasteiger partial charge in [-0.25, -0.2) is 14.5 Å². The minimum Gasteiger partial charge on any atom is -0.480 e. The number of imidazole rings is 1. The molecule has 148 valence electrons. The third-order valence-corrected chi connectivity index (χ3v) is 5.43. The Bertz CT molecular complexity index is 1280. The molecule has 1 aliphatic rings. The molecule has 0 aliphatic heterocycles. The van der Waals surface area contributed by atoms with E-state index in [2.05, 4.69) is 26.1 Å². The standard InChI is InChI=1S/C22H18N6O2/c1-29-21-18(12-25-22(26-21)30-2)19-10-17(20-24-7-8-28(20)27-19)16-9-15(16)14-5-3-13(11-23)4-6-14/h3-8,10,12,15-16H,9H2,1-2H3/t15-,16+/m1/s1. The van der Waals surface area contributed by atoms with Gasteiger partial charge in [0.25, 0.3) is 0 Å². The zero-order valence-corrected chi connectivity index (χ0v) is 16.5. The molecule has 30 heavy (non-hydrogen) atoms. The lowest BCUT2D eigenvalue weighted by Gasteiger charge is -2.10. The molecule has 1 aliphatic carbocycles. The van der Waals surface area contributed by atoms with Crippen LogP contribution in [0, 0.1) is 11.3 Å². The molecule has 0 amide bonds. The number of benzene rings is 1. The highest BCUT2D eigenvalue weighted by molar-refractivity contribution is 5.68. The lowest BCUT2D eigenvalue weighted by Crippen LogP contribution is -2.02. The fourth-order valence-corrected chi connectivity index (χ4v) is 3.84. The average molecular weight is 398 g/mol. The smallest absolute Gasteiger partial charge is 0.319 e. The molecule has 3 heterocycles. The summed E-state index contributed by atoms with van der Waals surface area (Å²) in [4.78, 5) is 13.0. The molecule has 0 bridgehead atoms. The number of aromatic nitrogens is 5. The Kier molecular flexibility index (Phi) is 4.29. The van der Waals surface area contributed by atoms with Crippen LogP contribution in [0.25, 0.3) is 16.9 Å². The van der Waals surface area contributed by atoms with E-state index in [9.17, 15) is 0 Å². The van der Waals surface area contributed by atoms with Crippen LogP contribution in [-0.4, -0.2) is 38.8 Å². The number of rotatable bonds is 5. The Morgan fingerprint density at radius 1 is 1.10 bits per heavy atom. The molecule has 1 aromatic carbocycles. The van der Waals surface area contributed by atoms with E-state index in [1.54, 1.807) is 24.0 Å². The Balaban J connectivity index is 1.56. The summed E-state index contributed by atoms with van der Waals surface area (Å²) in [6.45, 7) is 0. The number of hydrogen-bond donors (Lipinski definition) is 0. The summed E-state index contributed by atoms with van der Waals surface area (Å²) in [6, 6.07) is 12.3. The predicted molar refractivity (Wildman–Crippen MR) is 108 cm³/mol. The minimum absolute atomic E-state index is 0.239. The van der Waals surface area contributed by atoms with Crippen LogP contribution in [0.2, 0.25) is 0 Å². The summed E-state index contributed by atoms with van der Waals surface area (Å²) in [5.41, 5.74) is 5.26. The van der Waals surface area contributed by atoms with Crippen molar-refractivity contribution in [1.29, 1.82) is 5.26 Å². The van der Waals surface area contributed by atoms with Gasteiger partial charge in [-0.3, -0.25) is 0 Å². The topological polar surface area (TPSA) is 98.2 Å². The van der Waals surface area contributed by atoms with Crippen LogP contribution in [0.15, 0.2) is 48.9 Å². The molecular formula is C22H18N6O2. The van der Waals surface area contributed by atoms with E-state index in [0.717, 1.165) is 17.6 Å². The van der Waals surface area contributed by atoms with Crippen molar-refractivity contribution < 1.29 is 9.47 Å². The van der Waals surface area contributed by atoms with Gasteiger partial charge in [0.1, 0.15) is 0 Å². The monoisotopic (exact) mass is 398 g/mol. The first-order valence-corrected chi connectivity index (χ1v) is 9.51. The largest absolute Gasteiger partial charge is 0.480 e. The highest BCUT2D eigenvalue weighted by atomic mass is 16.5. The summed E-state index contributed by atoms with van der Waals surface area (Å²) in [5, 5.41) is 13.7. The van der Waals surface area contributed by atoms with E-state index in [1.165, 1.54) is 12.7 Å². The molecule has 4 aromatic rings. The van der Waals surface area contributed by atoms with E-state index >= 15 is 0 Å². The number of methoxy groups -OCH3 is 2. The molecule has 0 saturated heterocycles. The van der Waals surface area contributed by atoms with Crippen molar-refractivity contribution in [2.75, 3.05) is 14.2 Å². The zero-order valence-electron chi connectivity index (χ0n) is 16.5. The quantitative estimate of drug-likeness (QED) is 0.508. The van der Waals surface area contributed by atoms with Gasteiger partial charge in [0.05, 0.1) is 37.1 Å². The van der Waals surface area contributed by atoms with Crippen LogP contribution in [0.1, 0.15) is 34.9 Å². The zero-order chi connectivity index (χ0) is 20.7. The number of fused-ring (bicyclic) bond motifs is 1. The average Bonchev–Trinajstić information content (AvgIpc) is 3.46. The summed E-state index contributed by atoms with van der Waals surface area (Å²) < 4.78 is 12.3. The van der Waals surface area contributed by atoms with Gasteiger partial charge in [-0.05, 0) is 42.0 Å². The van der Waals surface area contributed by atoms with Crippen molar-refractivity contribution in [3.63, 3.8) is 0 Å². The third-order valence-electron chi connectivity index (χ3n) is 5.43. The van der Waals surface area contributed by atoms with Gasteiger partial charge in [0, 0.05) is 24.2 Å². The van der Waals surface area contributed by atoms with E-state index < -0.39 is 0 Å². The molecular weight excluding hydrogens is 380 g/mol. The van der Waals surface area contributed by atoms with Crippen LogP contribution >= 0.6 is 0 Å². The second kappa shape index (κ2) is 7.12. The number of ether oxygens (including phenoxy) is 2. The van der Waals surface area contributed by atoms with Crippen molar-refractivity contribution in [3.8, 4) is 29.2 Å². The molecule has 3 aromatic heterocycles. The lowest BCUT2D eigenvalue weighted by atomic mass is 10.0. The summed E-state index contributed by atoms with van der Waals surface area (Å²) in [6.07, 6.45) is 6.26. The summed E-state index contributed by atoms with van der Waals surface area (Å²) >= 11 is 0. The van der Waals surface area contributed by atoms with Crippen molar-refractivity contribution in [2.24, 2.45) is 0 Å². The fraction of sp³-hybridized carbons (Fsp3) is 0.227. The van der Waals surface area contributed by atoms with Crippen LogP contribution in [0.3, 0.4) is 0 Å². The molecule has 0 spiro atoms. The number of nitriles is 1. The normalized spacial score (nSPS) is 17.5. The molecule has 0 N–H and O–H groups in total. The molecule has 1 saturated carbocycles. The second-order valence-electron chi connectivity index (χ2n) is 7.14. The van der Waals surface area contributed by atoms with Crippen LogP contribution < -0.4 is 9.47 Å². The number of nitrogens with zero attached hydrogens (tertiary/aromatic N) is 6. The molecule has 5 rings (SSSR count). The SMILES string of the molecule is COc1ncc(-c2cc([C@H]3C[C@@H]3c3ccc(C#N)cc3)c3nccn3n2)c(OC)n1. The summed E-state index contributed by atoms with van der Waals surface area (Å²) in [7, 11) is 3.07. The maximum absolute atomic E-state index is 9.03. The van der Waals surface area contributed by atoms with Gasteiger partial charge < -0.3 is 9.47 Å². The Hall–Kier alpha value is -3.99. The van der Waals surface area contributed by atoms with Crippen molar-refractivity contribution in [2.45, 2.75) is 18.3 Å². The first-order valence-electron chi connectivity index (χ1n) is 9.51. The Labute approximate surface area is 172 Å². The van der Waals surface area contributed by atoms with Gasteiger partial charge >= 0.3 is 6.01 Å². The van der Waals surface area contributed by atoms with Crippen LogP contribution in [0.5, 0.6) is 11.9 Å². The molecule has 0 radical (unpaired) electrons. The number of hydrogen-bond acceptors (Lipinski definition) is 7. The van der Waals surface area contributed by atoms with Crippen molar-refractivity contribution in [1.82, 2.24) is 24.6 Å². The molecule has 2 atom stereocenters. The van der Waals surface area contributed by atoms with Crippen LogP contribution in [0.4, 0.5) is 0 Å². The van der Waals surface area contributed by atoms with Gasteiger partial charge in [0.15, 0.2) is 5.65 Å². The van der Waals surface area contributed by atoms with Gasteiger partial charge in [0.2, 0.25) is 5.88 Å². The Morgan fingerprint density at radius 3 is 2.67 bits per heavy atom. The van der Waals surface area contributed by atoms with Crippen molar-refractivity contribution in [3.05, 3.63) is 65.6 Å². The maximum Gasteiger partial charge on any atom is 0.319 e.